The Labute approximate surface area is 161 Å². The van der Waals surface area contributed by atoms with E-state index in [2.05, 4.69) is 15.9 Å². The molecule has 0 atom stereocenters. The van der Waals surface area contributed by atoms with Crippen molar-refractivity contribution in [2.45, 2.75) is 46.3 Å². The summed E-state index contributed by atoms with van der Waals surface area (Å²) in [6.45, 7) is 8.60. The number of carbonyl (C=O) groups is 2. The van der Waals surface area contributed by atoms with Gasteiger partial charge in [0.25, 0.3) is 0 Å². The van der Waals surface area contributed by atoms with E-state index in [1.165, 1.54) is 0 Å². The van der Waals surface area contributed by atoms with Crippen LogP contribution in [0.2, 0.25) is 0 Å². The number of hydrogen-bond donors (Lipinski definition) is 0. The third kappa shape index (κ3) is 3.58. The van der Waals surface area contributed by atoms with E-state index in [-0.39, 0.29) is 6.09 Å². The van der Waals surface area contributed by atoms with E-state index in [1.54, 1.807) is 16.4 Å². The summed E-state index contributed by atoms with van der Waals surface area (Å²) in [5, 5.41) is 0.947. The van der Waals surface area contributed by atoms with E-state index in [4.69, 9.17) is 9.47 Å². The Bertz CT molecular complexity index is 867. The number of aromatic nitrogens is 1. The number of ether oxygens (including phenoxy) is 2. The van der Waals surface area contributed by atoms with Crippen molar-refractivity contribution in [3.8, 4) is 0 Å². The van der Waals surface area contributed by atoms with Gasteiger partial charge in [-0.1, -0.05) is 22.0 Å². The van der Waals surface area contributed by atoms with Crippen LogP contribution in [0.3, 0.4) is 0 Å². The molecule has 0 radical (unpaired) electrons. The number of fused-ring (bicyclic) bond motifs is 3. The van der Waals surface area contributed by atoms with Gasteiger partial charge in [-0.25, -0.2) is 14.2 Å². The summed E-state index contributed by atoms with van der Waals surface area (Å²) in [4.78, 5) is 26.7. The summed E-state index contributed by atoms with van der Waals surface area (Å²) < 4.78 is 13.3. The lowest BCUT2D eigenvalue weighted by Gasteiger charge is -2.27. The van der Waals surface area contributed by atoms with E-state index in [1.807, 2.05) is 39.0 Å². The van der Waals surface area contributed by atoms with Crippen LogP contribution in [0.5, 0.6) is 0 Å². The SMILES string of the molecule is CCOC(=O)N1CCc2c(c3ccc(Br)cc3n2C(=O)OC(C)(C)C)C1. The van der Waals surface area contributed by atoms with Gasteiger partial charge in [-0.3, -0.25) is 0 Å². The first-order valence-electron chi connectivity index (χ1n) is 8.68. The van der Waals surface area contributed by atoms with Crippen molar-refractivity contribution in [2.24, 2.45) is 0 Å². The van der Waals surface area contributed by atoms with E-state index < -0.39 is 11.7 Å². The fourth-order valence-electron chi connectivity index (χ4n) is 3.22. The number of halogens is 1. The highest BCUT2D eigenvalue weighted by molar-refractivity contribution is 9.10. The summed E-state index contributed by atoms with van der Waals surface area (Å²) in [7, 11) is 0. The molecule has 0 N–H and O–H groups in total. The Kier molecular flexibility index (Phi) is 5.01. The summed E-state index contributed by atoms with van der Waals surface area (Å²) in [5.74, 6) is 0. The van der Waals surface area contributed by atoms with Crippen molar-refractivity contribution in [2.75, 3.05) is 13.2 Å². The zero-order valence-corrected chi connectivity index (χ0v) is 17.1. The molecule has 7 heteroatoms. The molecule has 1 amide bonds. The van der Waals surface area contributed by atoms with Crippen molar-refractivity contribution >= 4 is 39.0 Å². The molecule has 0 saturated carbocycles. The minimum Gasteiger partial charge on any atom is -0.450 e. The molecule has 0 saturated heterocycles. The summed E-state index contributed by atoms with van der Waals surface area (Å²) in [6.07, 6.45) is -0.153. The van der Waals surface area contributed by atoms with Crippen LogP contribution in [0.1, 0.15) is 39.0 Å². The fraction of sp³-hybridized carbons (Fsp3) is 0.474. The van der Waals surface area contributed by atoms with E-state index in [9.17, 15) is 9.59 Å². The lowest BCUT2D eigenvalue weighted by atomic mass is 10.0. The van der Waals surface area contributed by atoms with Gasteiger partial charge >= 0.3 is 12.2 Å². The predicted octanol–water partition coefficient (Wildman–Crippen LogP) is 4.70. The number of hydrogen-bond acceptors (Lipinski definition) is 4. The molecular weight excluding hydrogens is 400 g/mol. The molecule has 1 aromatic carbocycles. The molecule has 0 aliphatic carbocycles. The smallest absolute Gasteiger partial charge is 0.419 e. The van der Waals surface area contributed by atoms with Crippen LogP contribution in [-0.2, 0) is 22.4 Å². The first-order chi connectivity index (χ1) is 12.2. The zero-order chi connectivity index (χ0) is 19.1. The van der Waals surface area contributed by atoms with Gasteiger partial charge in [0.2, 0.25) is 0 Å². The van der Waals surface area contributed by atoms with Crippen LogP contribution in [-0.4, -0.2) is 40.4 Å². The van der Waals surface area contributed by atoms with Gasteiger partial charge in [0, 0.05) is 34.1 Å². The van der Waals surface area contributed by atoms with Crippen LogP contribution >= 0.6 is 15.9 Å². The number of rotatable bonds is 1. The van der Waals surface area contributed by atoms with E-state index in [0.29, 0.717) is 26.1 Å². The minimum atomic E-state index is -0.585. The van der Waals surface area contributed by atoms with Crippen molar-refractivity contribution in [3.63, 3.8) is 0 Å². The Morgan fingerprint density at radius 3 is 2.62 bits per heavy atom. The molecule has 0 bridgehead atoms. The first kappa shape index (κ1) is 18.8. The standard InChI is InChI=1S/C19H23BrN2O4/c1-5-25-17(23)21-9-8-15-14(11-21)13-7-6-12(20)10-16(13)22(15)18(24)26-19(2,3)4/h6-7,10H,5,8-9,11H2,1-4H3. The van der Waals surface area contributed by atoms with Gasteiger partial charge < -0.3 is 14.4 Å². The Morgan fingerprint density at radius 2 is 1.96 bits per heavy atom. The summed E-state index contributed by atoms with van der Waals surface area (Å²) in [6, 6.07) is 5.81. The Morgan fingerprint density at radius 1 is 1.23 bits per heavy atom. The maximum atomic E-state index is 12.9. The second-order valence-corrected chi connectivity index (χ2v) is 8.19. The molecular formula is C19H23BrN2O4. The van der Waals surface area contributed by atoms with Gasteiger partial charge in [-0.15, -0.1) is 0 Å². The quantitative estimate of drug-likeness (QED) is 0.667. The van der Waals surface area contributed by atoms with Crippen molar-refractivity contribution < 1.29 is 19.1 Å². The topological polar surface area (TPSA) is 60.8 Å². The predicted molar refractivity (Wildman–Crippen MR) is 102 cm³/mol. The van der Waals surface area contributed by atoms with Gasteiger partial charge in [0.05, 0.1) is 18.7 Å². The zero-order valence-electron chi connectivity index (χ0n) is 15.5. The second-order valence-electron chi connectivity index (χ2n) is 7.27. The highest BCUT2D eigenvalue weighted by Gasteiger charge is 2.31. The van der Waals surface area contributed by atoms with Crippen molar-refractivity contribution in [1.29, 1.82) is 0 Å². The monoisotopic (exact) mass is 422 g/mol. The van der Waals surface area contributed by atoms with Crippen LogP contribution in [0.25, 0.3) is 10.9 Å². The minimum absolute atomic E-state index is 0.326. The highest BCUT2D eigenvalue weighted by Crippen LogP contribution is 2.33. The van der Waals surface area contributed by atoms with E-state index >= 15 is 0 Å². The molecule has 26 heavy (non-hydrogen) atoms. The highest BCUT2D eigenvalue weighted by atomic mass is 79.9. The first-order valence-corrected chi connectivity index (χ1v) is 9.47. The third-order valence-electron chi connectivity index (χ3n) is 4.21. The van der Waals surface area contributed by atoms with Crippen molar-refractivity contribution in [3.05, 3.63) is 33.9 Å². The van der Waals surface area contributed by atoms with Gasteiger partial charge in [-0.05, 0) is 39.8 Å². The van der Waals surface area contributed by atoms with Crippen LogP contribution in [0.15, 0.2) is 22.7 Å². The van der Waals surface area contributed by atoms with Crippen LogP contribution < -0.4 is 0 Å². The molecule has 6 nitrogen and oxygen atoms in total. The summed E-state index contributed by atoms with van der Waals surface area (Å²) in [5.41, 5.74) is 2.06. The van der Waals surface area contributed by atoms with Crippen LogP contribution in [0.4, 0.5) is 9.59 Å². The Balaban J connectivity index is 2.08. The number of carbonyl (C=O) groups excluding carboxylic acids is 2. The molecule has 0 unspecified atom stereocenters. The number of nitrogens with zero attached hydrogens (tertiary/aromatic N) is 2. The number of amides is 1. The number of benzene rings is 1. The van der Waals surface area contributed by atoms with Gasteiger partial charge in [-0.2, -0.15) is 0 Å². The molecule has 2 heterocycles. The summed E-state index contributed by atoms with van der Waals surface area (Å²) >= 11 is 3.48. The molecule has 140 valence electrons. The third-order valence-corrected chi connectivity index (χ3v) is 4.71. The molecule has 1 aliphatic heterocycles. The Hall–Kier alpha value is -2.02. The van der Waals surface area contributed by atoms with Crippen LogP contribution in [0, 0.1) is 0 Å². The average molecular weight is 423 g/mol. The molecule has 0 spiro atoms. The van der Waals surface area contributed by atoms with E-state index in [0.717, 1.165) is 26.6 Å². The molecule has 1 aromatic heterocycles. The molecule has 2 aromatic rings. The lowest BCUT2D eigenvalue weighted by molar-refractivity contribution is 0.0537. The van der Waals surface area contributed by atoms with Crippen molar-refractivity contribution in [1.82, 2.24) is 9.47 Å². The molecule has 3 rings (SSSR count). The second kappa shape index (κ2) is 6.95. The van der Waals surface area contributed by atoms with Gasteiger partial charge in [0.15, 0.2) is 0 Å². The molecule has 0 fully saturated rings. The maximum Gasteiger partial charge on any atom is 0.419 e. The largest absolute Gasteiger partial charge is 0.450 e. The lowest BCUT2D eigenvalue weighted by Crippen LogP contribution is -2.37. The average Bonchev–Trinajstić information content (AvgIpc) is 2.86. The normalized spacial score (nSPS) is 14.3. The fourth-order valence-corrected chi connectivity index (χ4v) is 3.57. The maximum absolute atomic E-state index is 12.9. The molecule has 1 aliphatic rings. The van der Waals surface area contributed by atoms with Gasteiger partial charge in [0.1, 0.15) is 5.60 Å².